The summed E-state index contributed by atoms with van der Waals surface area (Å²) in [5.41, 5.74) is 0. The molecule has 88 valence electrons. The third-order valence-corrected chi connectivity index (χ3v) is 1.93. The molecule has 0 saturated carbocycles. The fourth-order valence-electron chi connectivity index (χ4n) is 1.06. The molecule has 0 atom stereocenters. The van der Waals surface area contributed by atoms with Crippen LogP contribution in [0.2, 0.25) is 0 Å². The van der Waals surface area contributed by atoms with Gasteiger partial charge in [-0.2, -0.15) is 0 Å². The average Bonchev–Trinajstić information content (AvgIpc) is 2.81. The number of hydrogen-bond donors (Lipinski definition) is 3. The smallest absolute Gasteiger partial charge is 0.239 e. The van der Waals surface area contributed by atoms with Crippen LogP contribution < -0.4 is 16.0 Å². The Morgan fingerprint density at radius 2 is 2.31 bits per heavy atom. The minimum atomic E-state index is -0.0963. The van der Waals surface area contributed by atoms with Crippen LogP contribution in [0, 0.1) is 0 Å². The predicted molar refractivity (Wildman–Crippen MR) is 61.0 cm³/mol. The number of likely N-dealkylation sites (N-methyl/N-ethyl adjacent to an activating group) is 1. The van der Waals surface area contributed by atoms with Gasteiger partial charge in [0.25, 0.3) is 0 Å². The summed E-state index contributed by atoms with van der Waals surface area (Å²) in [6.07, 6.45) is 1.61. The zero-order valence-electron chi connectivity index (χ0n) is 9.41. The van der Waals surface area contributed by atoms with Crippen LogP contribution in [0.1, 0.15) is 5.76 Å². The highest BCUT2D eigenvalue weighted by Crippen LogP contribution is 1.97. The maximum Gasteiger partial charge on any atom is 0.239 e. The lowest BCUT2D eigenvalue weighted by atomic mass is 10.4. The Kier molecular flexibility index (Phi) is 4.91. The van der Waals surface area contributed by atoms with E-state index in [-0.39, 0.29) is 12.5 Å². The first kappa shape index (κ1) is 12.1. The van der Waals surface area contributed by atoms with Gasteiger partial charge >= 0.3 is 0 Å². The van der Waals surface area contributed by atoms with Gasteiger partial charge in [0.2, 0.25) is 5.91 Å². The third kappa shape index (κ3) is 4.04. The SMILES string of the molecule is CN=C(NCC(=O)NC)NCc1ccco1. The van der Waals surface area contributed by atoms with Gasteiger partial charge in [-0.05, 0) is 12.1 Å². The van der Waals surface area contributed by atoms with Gasteiger partial charge in [0, 0.05) is 14.1 Å². The van der Waals surface area contributed by atoms with Crippen LogP contribution in [0.5, 0.6) is 0 Å². The molecule has 0 unspecified atom stereocenters. The summed E-state index contributed by atoms with van der Waals surface area (Å²) in [4.78, 5) is 15.0. The van der Waals surface area contributed by atoms with E-state index in [1.807, 2.05) is 12.1 Å². The summed E-state index contributed by atoms with van der Waals surface area (Å²) in [6, 6.07) is 3.68. The molecule has 0 fully saturated rings. The zero-order chi connectivity index (χ0) is 11.8. The number of aliphatic imine (C=N–C) groups is 1. The fraction of sp³-hybridized carbons (Fsp3) is 0.400. The second-order valence-corrected chi connectivity index (χ2v) is 3.03. The van der Waals surface area contributed by atoms with Crippen LogP contribution in [0.25, 0.3) is 0 Å². The molecule has 1 amide bonds. The summed E-state index contributed by atoms with van der Waals surface area (Å²) < 4.78 is 5.15. The molecule has 0 aliphatic carbocycles. The second-order valence-electron chi connectivity index (χ2n) is 3.03. The lowest BCUT2D eigenvalue weighted by molar-refractivity contribution is -0.119. The van der Waals surface area contributed by atoms with E-state index in [4.69, 9.17) is 4.42 Å². The molecule has 0 aliphatic rings. The summed E-state index contributed by atoms with van der Waals surface area (Å²) in [7, 11) is 3.23. The number of guanidine groups is 1. The van der Waals surface area contributed by atoms with E-state index in [0.717, 1.165) is 5.76 Å². The molecule has 16 heavy (non-hydrogen) atoms. The number of nitrogens with zero attached hydrogens (tertiary/aromatic N) is 1. The lowest BCUT2D eigenvalue weighted by Gasteiger charge is -2.09. The molecule has 0 aliphatic heterocycles. The van der Waals surface area contributed by atoms with Gasteiger partial charge in [-0.1, -0.05) is 0 Å². The largest absolute Gasteiger partial charge is 0.467 e. The van der Waals surface area contributed by atoms with Crippen molar-refractivity contribution in [2.75, 3.05) is 20.6 Å². The van der Waals surface area contributed by atoms with E-state index in [2.05, 4.69) is 20.9 Å². The maximum absolute atomic E-state index is 11.0. The molecule has 1 rings (SSSR count). The van der Waals surface area contributed by atoms with E-state index >= 15 is 0 Å². The van der Waals surface area contributed by atoms with E-state index in [9.17, 15) is 4.79 Å². The van der Waals surface area contributed by atoms with Crippen molar-refractivity contribution >= 4 is 11.9 Å². The third-order valence-electron chi connectivity index (χ3n) is 1.93. The molecular formula is C10H16N4O2. The topological polar surface area (TPSA) is 78.7 Å². The first-order valence-corrected chi connectivity index (χ1v) is 4.93. The van der Waals surface area contributed by atoms with Crippen molar-refractivity contribution in [1.29, 1.82) is 0 Å². The van der Waals surface area contributed by atoms with Gasteiger partial charge in [-0.15, -0.1) is 0 Å². The summed E-state index contributed by atoms with van der Waals surface area (Å²) in [5, 5.41) is 8.40. The molecule has 6 nitrogen and oxygen atoms in total. The maximum atomic E-state index is 11.0. The van der Waals surface area contributed by atoms with Gasteiger partial charge in [-0.25, -0.2) is 0 Å². The molecular weight excluding hydrogens is 208 g/mol. The minimum Gasteiger partial charge on any atom is -0.467 e. The Hall–Kier alpha value is -1.98. The first-order chi connectivity index (χ1) is 7.76. The molecule has 1 aromatic heterocycles. The van der Waals surface area contributed by atoms with Crippen molar-refractivity contribution in [3.05, 3.63) is 24.2 Å². The van der Waals surface area contributed by atoms with E-state index in [0.29, 0.717) is 12.5 Å². The molecule has 0 aromatic carbocycles. The van der Waals surface area contributed by atoms with E-state index in [1.165, 1.54) is 0 Å². The van der Waals surface area contributed by atoms with Crippen molar-refractivity contribution < 1.29 is 9.21 Å². The molecule has 6 heteroatoms. The van der Waals surface area contributed by atoms with Gasteiger partial charge < -0.3 is 20.4 Å². The number of amides is 1. The number of furan rings is 1. The Morgan fingerprint density at radius 3 is 2.88 bits per heavy atom. The standard InChI is InChI=1S/C10H16N4O2/c1-11-9(15)7-14-10(12-2)13-6-8-4-3-5-16-8/h3-5H,6-7H2,1-2H3,(H,11,15)(H2,12,13,14). The van der Waals surface area contributed by atoms with Crippen molar-refractivity contribution in [3.8, 4) is 0 Å². The number of carbonyl (C=O) groups is 1. The van der Waals surface area contributed by atoms with Gasteiger partial charge in [0.15, 0.2) is 5.96 Å². The van der Waals surface area contributed by atoms with Crippen LogP contribution in [0.15, 0.2) is 27.8 Å². The summed E-state index contributed by atoms with van der Waals surface area (Å²) >= 11 is 0. The molecule has 0 saturated heterocycles. The zero-order valence-corrected chi connectivity index (χ0v) is 9.41. The van der Waals surface area contributed by atoms with Crippen LogP contribution in [0.3, 0.4) is 0 Å². The number of hydrogen-bond acceptors (Lipinski definition) is 3. The molecule has 3 N–H and O–H groups in total. The van der Waals surface area contributed by atoms with Crippen molar-refractivity contribution in [2.24, 2.45) is 4.99 Å². The van der Waals surface area contributed by atoms with Crippen LogP contribution >= 0.6 is 0 Å². The number of nitrogens with one attached hydrogen (secondary N) is 3. The van der Waals surface area contributed by atoms with Crippen LogP contribution in [0.4, 0.5) is 0 Å². The average molecular weight is 224 g/mol. The van der Waals surface area contributed by atoms with Crippen molar-refractivity contribution in [2.45, 2.75) is 6.54 Å². The van der Waals surface area contributed by atoms with E-state index in [1.54, 1.807) is 20.4 Å². The Bertz CT molecular complexity index is 346. The first-order valence-electron chi connectivity index (χ1n) is 4.93. The van der Waals surface area contributed by atoms with Crippen LogP contribution in [-0.4, -0.2) is 32.5 Å². The van der Waals surface area contributed by atoms with Gasteiger partial charge in [-0.3, -0.25) is 9.79 Å². The summed E-state index contributed by atoms with van der Waals surface area (Å²) in [6.45, 7) is 0.717. The Balaban J connectivity index is 2.30. The molecule has 1 heterocycles. The fourth-order valence-corrected chi connectivity index (χ4v) is 1.06. The molecule has 0 bridgehead atoms. The lowest BCUT2D eigenvalue weighted by Crippen LogP contribution is -2.42. The highest BCUT2D eigenvalue weighted by atomic mass is 16.3. The normalized spacial score (nSPS) is 11.0. The predicted octanol–water partition coefficient (Wildman–Crippen LogP) is -0.309. The highest BCUT2D eigenvalue weighted by molar-refractivity contribution is 5.86. The minimum absolute atomic E-state index is 0.0963. The molecule has 1 aromatic rings. The van der Waals surface area contributed by atoms with Crippen molar-refractivity contribution in [1.82, 2.24) is 16.0 Å². The second kappa shape index (κ2) is 6.49. The summed E-state index contributed by atoms with van der Waals surface area (Å²) in [5.74, 6) is 1.27. The highest BCUT2D eigenvalue weighted by Gasteiger charge is 2.02. The Labute approximate surface area is 94.1 Å². The van der Waals surface area contributed by atoms with Gasteiger partial charge in [0.1, 0.15) is 5.76 Å². The van der Waals surface area contributed by atoms with Crippen LogP contribution in [-0.2, 0) is 11.3 Å². The number of carbonyl (C=O) groups excluding carboxylic acids is 1. The quantitative estimate of drug-likeness (QED) is 0.484. The molecule has 0 radical (unpaired) electrons. The Morgan fingerprint density at radius 1 is 1.50 bits per heavy atom. The molecule has 0 spiro atoms. The van der Waals surface area contributed by atoms with E-state index < -0.39 is 0 Å². The number of rotatable bonds is 4. The monoisotopic (exact) mass is 224 g/mol. The van der Waals surface area contributed by atoms with Crippen molar-refractivity contribution in [3.63, 3.8) is 0 Å². The van der Waals surface area contributed by atoms with Gasteiger partial charge in [0.05, 0.1) is 19.4 Å².